The highest BCUT2D eigenvalue weighted by Gasteiger charge is 2.62. The summed E-state index contributed by atoms with van der Waals surface area (Å²) < 4.78 is 0. The lowest BCUT2D eigenvalue weighted by Crippen LogP contribution is -2.61. The highest BCUT2D eigenvalue weighted by atomic mass is 16.3. The van der Waals surface area contributed by atoms with Crippen molar-refractivity contribution < 1.29 is 9.90 Å². The van der Waals surface area contributed by atoms with Gasteiger partial charge in [-0.25, -0.2) is 0 Å². The van der Waals surface area contributed by atoms with E-state index in [2.05, 4.69) is 10.6 Å². The second-order valence-corrected chi connectivity index (χ2v) is 4.62. The van der Waals surface area contributed by atoms with Crippen LogP contribution < -0.4 is 10.6 Å². The molecule has 3 atom stereocenters. The number of ketones is 1. The van der Waals surface area contributed by atoms with Gasteiger partial charge in [0.2, 0.25) is 0 Å². The fourth-order valence-electron chi connectivity index (χ4n) is 3.35. The highest BCUT2D eigenvalue weighted by molar-refractivity contribution is 5.85. The highest BCUT2D eigenvalue weighted by Crippen LogP contribution is 2.48. The van der Waals surface area contributed by atoms with E-state index in [0.29, 0.717) is 31.5 Å². The number of carbonyl (C=O) groups is 1. The fraction of sp³-hybridized carbons (Fsp3) is 0.900. The van der Waals surface area contributed by atoms with Crippen LogP contribution in [-0.2, 0) is 4.79 Å². The maximum atomic E-state index is 11.5. The lowest BCUT2D eigenvalue weighted by Gasteiger charge is -2.39. The summed E-state index contributed by atoms with van der Waals surface area (Å²) >= 11 is 0. The van der Waals surface area contributed by atoms with E-state index in [0.717, 1.165) is 0 Å². The average Bonchev–Trinajstić information content (AvgIpc) is 2.52. The zero-order valence-electron chi connectivity index (χ0n) is 8.76. The molecule has 14 heavy (non-hydrogen) atoms. The summed E-state index contributed by atoms with van der Waals surface area (Å²) in [7, 11) is 3.76. The number of aliphatic hydroxyl groups excluding tert-OH is 1. The van der Waals surface area contributed by atoms with Crippen molar-refractivity contribution in [3.8, 4) is 0 Å². The van der Waals surface area contributed by atoms with E-state index in [4.69, 9.17) is 0 Å². The van der Waals surface area contributed by atoms with E-state index in [9.17, 15) is 9.90 Å². The molecule has 0 aromatic carbocycles. The Balaban J connectivity index is 2.37. The van der Waals surface area contributed by atoms with Gasteiger partial charge in [0.25, 0.3) is 0 Å². The number of rotatable bonds is 2. The van der Waals surface area contributed by atoms with Crippen LogP contribution in [0, 0.1) is 0 Å². The quantitative estimate of drug-likeness (QED) is 0.555. The molecular formula is C10H18N2O2. The molecule has 0 bridgehead atoms. The van der Waals surface area contributed by atoms with E-state index in [-0.39, 0.29) is 17.2 Å². The first-order valence-electron chi connectivity index (χ1n) is 5.15. The third-order valence-electron chi connectivity index (χ3n) is 4.04. The standard InChI is InChI=1S/C10H18N2O2/c1-11-9-3-7(13)5-10(9,12-2)6-8(14)4-9/h7,11-13H,3-6H2,1-2H3/t7?,9-,10?/m0/s1. The van der Waals surface area contributed by atoms with Crippen molar-refractivity contribution in [3.05, 3.63) is 0 Å². The molecule has 2 aliphatic carbocycles. The van der Waals surface area contributed by atoms with Crippen molar-refractivity contribution in [2.45, 2.75) is 42.9 Å². The summed E-state index contributed by atoms with van der Waals surface area (Å²) in [6.07, 6.45) is 2.15. The van der Waals surface area contributed by atoms with E-state index >= 15 is 0 Å². The van der Waals surface area contributed by atoms with Gasteiger partial charge in [-0.15, -0.1) is 0 Å². The van der Waals surface area contributed by atoms with Gasteiger partial charge in [0.05, 0.1) is 6.10 Å². The summed E-state index contributed by atoms with van der Waals surface area (Å²) in [5.41, 5.74) is -0.448. The third-order valence-corrected chi connectivity index (χ3v) is 4.04. The van der Waals surface area contributed by atoms with Crippen LogP contribution in [0.1, 0.15) is 25.7 Å². The van der Waals surface area contributed by atoms with Gasteiger partial charge in [0.15, 0.2) is 0 Å². The Labute approximate surface area is 84.1 Å². The average molecular weight is 198 g/mol. The molecule has 0 spiro atoms. The predicted molar refractivity (Wildman–Crippen MR) is 53.1 cm³/mol. The van der Waals surface area contributed by atoms with Gasteiger partial charge >= 0.3 is 0 Å². The second-order valence-electron chi connectivity index (χ2n) is 4.62. The SMILES string of the molecule is CNC12CC(=O)C[C@@]1(NC)CC(O)C2. The summed E-state index contributed by atoms with van der Waals surface area (Å²) in [4.78, 5) is 11.5. The van der Waals surface area contributed by atoms with Crippen molar-refractivity contribution in [3.63, 3.8) is 0 Å². The minimum absolute atomic E-state index is 0.224. The van der Waals surface area contributed by atoms with Gasteiger partial charge < -0.3 is 15.7 Å². The van der Waals surface area contributed by atoms with E-state index in [1.165, 1.54) is 0 Å². The second kappa shape index (κ2) is 3.02. The zero-order valence-corrected chi connectivity index (χ0v) is 8.76. The van der Waals surface area contributed by atoms with Crippen molar-refractivity contribution in [2.75, 3.05) is 14.1 Å². The molecular weight excluding hydrogens is 180 g/mol. The Morgan fingerprint density at radius 1 is 1.21 bits per heavy atom. The topological polar surface area (TPSA) is 61.4 Å². The summed E-state index contributed by atoms with van der Waals surface area (Å²) in [6.45, 7) is 0. The number of fused-ring (bicyclic) bond motifs is 1. The molecule has 0 radical (unpaired) electrons. The third kappa shape index (κ3) is 1.08. The van der Waals surface area contributed by atoms with E-state index in [1.54, 1.807) is 0 Å². The summed E-state index contributed by atoms with van der Waals surface area (Å²) in [5.74, 6) is 0.292. The first-order valence-corrected chi connectivity index (χ1v) is 5.15. The van der Waals surface area contributed by atoms with Crippen LogP contribution in [0.2, 0.25) is 0 Å². The predicted octanol–water partition coefficient (Wildman–Crippen LogP) is -0.580. The minimum atomic E-state index is -0.289. The lowest BCUT2D eigenvalue weighted by molar-refractivity contribution is -0.118. The van der Waals surface area contributed by atoms with Crippen molar-refractivity contribution in [1.82, 2.24) is 10.6 Å². The molecule has 0 aromatic heterocycles. The summed E-state index contributed by atoms with van der Waals surface area (Å²) in [5, 5.41) is 16.2. The number of nitrogens with one attached hydrogen (secondary N) is 2. The molecule has 0 aliphatic heterocycles. The molecule has 2 unspecified atom stereocenters. The molecule has 0 saturated heterocycles. The van der Waals surface area contributed by atoms with Crippen LogP contribution >= 0.6 is 0 Å². The number of aliphatic hydroxyl groups is 1. The lowest BCUT2D eigenvalue weighted by atomic mass is 9.83. The largest absolute Gasteiger partial charge is 0.393 e. The molecule has 4 heteroatoms. The first kappa shape index (κ1) is 10.1. The van der Waals surface area contributed by atoms with Crippen LogP contribution in [0.5, 0.6) is 0 Å². The van der Waals surface area contributed by atoms with Crippen LogP contribution in [0.4, 0.5) is 0 Å². The minimum Gasteiger partial charge on any atom is -0.393 e. The summed E-state index contributed by atoms with van der Waals surface area (Å²) in [6, 6.07) is 0. The first-order chi connectivity index (χ1) is 6.57. The zero-order chi connectivity index (χ0) is 10.4. The molecule has 2 aliphatic rings. The molecule has 2 saturated carbocycles. The van der Waals surface area contributed by atoms with Gasteiger partial charge in [-0.05, 0) is 26.9 Å². The van der Waals surface area contributed by atoms with E-state index < -0.39 is 0 Å². The van der Waals surface area contributed by atoms with Crippen molar-refractivity contribution in [2.24, 2.45) is 0 Å². The number of Topliss-reactive ketones (excluding diaryl/α,β-unsaturated/α-hetero) is 1. The van der Waals surface area contributed by atoms with Crippen LogP contribution in [0.3, 0.4) is 0 Å². The van der Waals surface area contributed by atoms with E-state index in [1.807, 2.05) is 14.1 Å². The Hall–Kier alpha value is -0.450. The smallest absolute Gasteiger partial charge is 0.136 e. The Morgan fingerprint density at radius 2 is 1.64 bits per heavy atom. The molecule has 80 valence electrons. The molecule has 0 heterocycles. The van der Waals surface area contributed by atoms with Gasteiger partial charge in [-0.1, -0.05) is 0 Å². The number of carbonyl (C=O) groups excluding carboxylic acids is 1. The van der Waals surface area contributed by atoms with Crippen molar-refractivity contribution in [1.29, 1.82) is 0 Å². The van der Waals surface area contributed by atoms with Gasteiger partial charge in [0.1, 0.15) is 5.78 Å². The molecule has 3 N–H and O–H groups in total. The molecule has 2 fully saturated rings. The number of hydrogen-bond acceptors (Lipinski definition) is 4. The van der Waals surface area contributed by atoms with Crippen LogP contribution in [0.15, 0.2) is 0 Å². The number of likely N-dealkylation sites (N-methyl/N-ethyl adjacent to an activating group) is 2. The Bertz CT molecular complexity index is 245. The normalized spacial score (nSPS) is 47.1. The van der Waals surface area contributed by atoms with Crippen LogP contribution in [-0.4, -0.2) is 42.2 Å². The molecule has 0 aromatic rings. The fourth-order valence-corrected chi connectivity index (χ4v) is 3.35. The maximum Gasteiger partial charge on any atom is 0.136 e. The maximum absolute atomic E-state index is 11.5. The monoisotopic (exact) mass is 198 g/mol. The number of hydrogen-bond donors (Lipinski definition) is 3. The van der Waals surface area contributed by atoms with Crippen LogP contribution in [0.25, 0.3) is 0 Å². The molecule has 2 rings (SSSR count). The van der Waals surface area contributed by atoms with Gasteiger partial charge in [-0.2, -0.15) is 0 Å². The molecule has 0 amide bonds. The van der Waals surface area contributed by atoms with Gasteiger partial charge in [0, 0.05) is 23.9 Å². The Kier molecular flexibility index (Phi) is 2.17. The molecule has 4 nitrogen and oxygen atoms in total. The van der Waals surface area contributed by atoms with Gasteiger partial charge in [-0.3, -0.25) is 4.79 Å². The van der Waals surface area contributed by atoms with Crippen molar-refractivity contribution >= 4 is 5.78 Å². The Morgan fingerprint density at radius 3 is 2.00 bits per heavy atom.